The first-order valence-electron chi connectivity index (χ1n) is 6.76. The summed E-state index contributed by atoms with van der Waals surface area (Å²) < 4.78 is 0. The number of hydrogen-bond donors (Lipinski definition) is 1. The van der Waals surface area contributed by atoms with Crippen molar-refractivity contribution in [3.63, 3.8) is 0 Å². The van der Waals surface area contributed by atoms with Gasteiger partial charge >= 0.3 is 0 Å². The van der Waals surface area contributed by atoms with Crippen molar-refractivity contribution in [3.05, 3.63) is 38.9 Å². The highest BCUT2D eigenvalue weighted by Crippen LogP contribution is 2.39. The molecule has 5 nitrogen and oxygen atoms in total. The second-order valence-electron chi connectivity index (χ2n) is 5.41. The second-order valence-corrected chi connectivity index (χ2v) is 6.38. The third-order valence-corrected chi connectivity index (χ3v) is 5.49. The minimum atomic E-state index is -0.587. The number of carbonyl (C=O) groups is 1. The molecule has 1 saturated carbocycles. The molecule has 1 aromatic rings. The van der Waals surface area contributed by atoms with Crippen molar-refractivity contribution in [2.24, 2.45) is 5.41 Å². The van der Waals surface area contributed by atoms with E-state index in [1.54, 1.807) is 0 Å². The van der Waals surface area contributed by atoms with Crippen LogP contribution in [0.2, 0.25) is 5.02 Å². The number of halogens is 2. The molecule has 1 aromatic carbocycles. The Bertz CT molecular complexity index is 559. The Balaban J connectivity index is 2.16. The molecule has 0 spiro atoms. The molecule has 0 unspecified atom stereocenters. The van der Waals surface area contributed by atoms with Gasteiger partial charge in [-0.15, -0.1) is 0 Å². The average Bonchev–Trinajstić information content (AvgIpc) is 2.94. The summed E-state index contributed by atoms with van der Waals surface area (Å²) in [6, 6.07) is 4.24. The molecular weight excluding hydrogens is 360 g/mol. The molecular formula is C14H16BrClN2O3. The van der Waals surface area contributed by atoms with Crippen LogP contribution in [0.1, 0.15) is 36.0 Å². The molecule has 1 fully saturated rings. The topological polar surface area (TPSA) is 72.2 Å². The normalized spacial score (nSPS) is 16.7. The van der Waals surface area contributed by atoms with Crippen molar-refractivity contribution in [2.45, 2.75) is 25.7 Å². The maximum Gasteiger partial charge on any atom is 0.283 e. The largest absolute Gasteiger partial charge is 0.351 e. The molecule has 0 aliphatic heterocycles. The third kappa shape index (κ3) is 3.55. The molecule has 0 heterocycles. The second kappa shape index (κ2) is 6.75. The number of rotatable bonds is 5. The van der Waals surface area contributed by atoms with E-state index >= 15 is 0 Å². The lowest BCUT2D eigenvalue weighted by atomic mass is 9.89. The number of nitrogens with one attached hydrogen (secondary N) is 1. The lowest BCUT2D eigenvalue weighted by Crippen LogP contribution is -2.37. The molecule has 1 N–H and O–H groups in total. The summed E-state index contributed by atoms with van der Waals surface area (Å²) in [6.07, 6.45) is 4.38. The van der Waals surface area contributed by atoms with Gasteiger partial charge in [-0.25, -0.2) is 0 Å². The van der Waals surface area contributed by atoms with Gasteiger partial charge in [-0.05, 0) is 24.3 Å². The van der Waals surface area contributed by atoms with Crippen molar-refractivity contribution in [3.8, 4) is 0 Å². The molecule has 1 aliphatic rings. The standard InChI is InChI=1S/C14H16BrClN2O3/c15-8-14(6-1-2-7-14)9-17-13(19)12-10(16)4-3-5-11(12)18(20)21/h3-5H,1-2,6-9H2,(H,17,19). The zero-order chi connectivity index (χ0) is 15.5. The fourth-order valence-electron chi connectivity index (χ4n) is 2.73. The van der Waals surface area contributed by atoms with Crippen LogP contribution in [0.25, 0.3) is 0 Å². The van der Waals surface area contributed by atoms with Crippen LogP contribution in [0.3, 0.4) is 0 Å². The number of amides is 1. The number of benzene rings is 1. The number of alkyl halides is 1. The van der Waals surface area contributed by atoms with Gasteiger partial charge in [-0.2, -0.15) is 0 Å². The summed E-state index contributed by atoms with van der Waals surface area (Å²) in [5.41, 5.74) is -0.280. The minimum Gasteiger partial charge on any atom is -0.351 e. The first-order valence-corrected chi connectivity index (χ1v) is 8.26. The maximum atomic E-state index is 12.3. The van der Waals surface area contributed by atoms with Gasteiger partial charge in [-0.1, -0.05) is 46.4 Å². The molecule has 0 radical (unpaired) electrons. The molecule has 7 heteroatoms. The van der Waals surface area contributed by atoms with E-state index in [0.29, 0.717) is 6.54 Å². The predicted octanol–water partition coefficient (Wildman–Crippen LogP) is 3.93. The van der Waals surface area contributed by atoms with Crippen LogP contribution in [0.4, 0.5) is 5.69 Å². The average molecular weight is 376 g/mol. The maximum absolute atomic E-state index is 12.3. The monoisotopic (exact) mass is 374 g/mol. The van der Waals surface area contributed by atoms with Gasteiger partial charge < -0.3 is 5.32 Å². The van der Waals surface area contributed by atoms with Crippen LogP contribution in [-0.2, 0) is 0 Å². The van der Waals surface area contributed by atoms with Crippen molar-refractivity contribution in [1.82, 2.24) is 5.32 Å². The van der Waals surface area contributed by atoms with Crippen LogP contribution < -0.4 is 5.32 Å². The fourth-order valence-corrected chi connectivity index (χ4v) is 3.74. The van der Waals surface area contributed by atoms with Gasteiger partial charge in [0.1, 0.15) is 5.56 Å². The molecule has 0 aromatic heterocycles. The fraction of sp³-hybridized carbons (Fsp3) is 0.500. The molecule has 0 atom stereocenters. The smallest absolute Gasteiger partial charge is 0.283 e. The Hall–Kier alpha value is -1.14. The third-order valence-electron chi connectivity index (χ3n) is 3.99. The minimum absolute atomic E-state index is 0.0473. The van der Waals surface area contributed by atoms with Crippen LogP contribution in [0.5, 0.6) is 0 Å². The van der Waals surface area contributed by atoms with Crippen molar-refractivity contribution in [2.75, 3.05) is 11.9 Å². The van der Waals surface area contributed by atoms with Gasteiger partial charge in [0, 0.05) is 17.9 Å². The predicted molar refractivity (Wildman–Crippen MR) is 85.1 cm³/mol. The summed E-state index contributed by atoms with van der Waals surface area (Å²) >= 11 is 9.46. The van der Waals surface area contributed by atoms with E-state index in [-0.39, 0.29) is 21.7 Å². The van der Waals surface area contributed by atoms with Crippen molar-refractivity contribution in [1.29, 1.82) is 0 Å². The van der Waals surface area contributed by atoms with Gasteiger partial charge in [0.2, 0.25) is 0 Å². The summed E-state index contributed by atoms with van der Waals surface area (Å²) in [5.74, 6) is -0.487. The number of carbonyl (C=O) groups excluding carboxylic acids is 1. The van der Waals surface area contributed by atoms with E-state index < -0.39 is 10.8 Å². The van der Waals surface area contributed by atoms with Crippen molar-refractivity contribution >= 4 is 39.1 Å². The SMILES string of the molecule is O=C(NCC1(CBr)CCCC1)c1c(Cl)cccc1[N+](=O)[O-]. The zero-order valence-corrected chi connectivity index (χ0v) is 13.7. The Morgan fingerprint density at radius 1 is 1.43 bits per heavy atom. The van der Waals surface area contributed by atoms with Crippen LogP contribution >= 0.6 is 27.5 Å². The molecule has 0 saturated heterocycles. The van der Waals surface area contributed by atoms with Gasteiger partial charge in [-0.3, -0.25) is 14.9 Å². The quantitative estimate of drug-likeness (QED) is 0.481. The van der Waals surface area contributed by atoms with E-state index in [4.69, 9.17) is 11.6 Å². The highest BCUT2D eigenvalue weighted by molar-refractivity contribution is 9.09. The molecule has 1 aliphatic carbocycles. The highest BCUT2D eigenvalue weighted by atomic mass is 79.9. The Kier molecular flexibility index (Phi) is 5.22. The van der Waals surface area contributed by atoms with E-state index in [9.17, 15) is 14.9 Å². The Morgan fingerprint density at radius 2 is 2.10 bits per heavy atom. The van der Waals surface area contributed by atoms with Crippen LogP contribution in [0.15, 0.2) is 18.2 Å². The highest BCUT2D eigenvalue weighted by Gasteiger charge is 2.34. The first-order chi connectivity index (χ1) is 9.99. The summed E-state index contributed by atoms with van der Waals surface area (Å²) in [5, 5.41) is 14.7. The van der Waals surface area contributed by atoms with Gasteiger partial charge in [0.05, 0.1) is 9.95 Å². The number of nitrogens with zero attached hydrogens (tertiary/aromatic N) is 1. The Morgan fingerprint density at radius 3 is 2.67 bits per heavy atom. The molecule has 1 amide bonds. The summed E-state index contributed by atoms with van der Waals surface area (Å²) in [6.45, 7) is 0.499. The Labute approximate surface area is 136 Å². The van der Waals surface area contributed by atoms with E-state index in [1.165, 1.54) is 18.2 Å². The first kappa shape index (κ1) is 16.2. The molecule has 21 heavy (non-hydrogen) atoms. The van der Waals surface area contributed by atoms with Crippen LogP contribution in [0, 0.1) is 15.5 Å². The number of hydrogen-bond acceptors (Lipinski definition) is 3. The zero-order valence-electron chi connectivity index (χ0n) is 11.4. The van der Waals surface area contributed by atoms with E-state index in [1.807, 2.05) is 0 Å². The number of nitro groups is 1. The molecule has 0 bridgehead atoms. The lowest BCUT2D eigenvalue weighted by molar-refractivity contribution is -0.385. The summed E-state index contributed by atoms with van der Waals surface area (Å²) in [4.78, 5) is 22.7. The lowest BCUT2D eigenvalue weighted by Gasteiger charge is -2.26. The van der Waals surface area contributed by atoms with Gasteiger partial charge in [0.15, 0.2) is 0 Å². The van der Waals surface area contributed by atoms with Crippen LogP contribution in [-0.4, -0.2) is 22.7 Å². The van der Waals surface area contributed by atoms with Crippen molar-refractivity contribution < 1.29 is 9.72 Å². The molecule has 114 valence electrons. The van der Waals surface area contributed by atoms with E-state index in [0.717, 1.165) is 31.0 Å². The van der Waals surface area contributed by atoms with Gasteiger partial charge in [0.25, 0.3) is 11.6 Å². The molecule has 2 rings (SSSR count). The number of nitro benzene ring substituents is 1. The summed E-state index contributed by atoms with van der Waals surface area (Å²) in [7, 11) is 0. The van der Waals surface area contributed by atoms with E-state index in [2.05, 4.69) is 21.2 Å².